The predicted molar refractivity (Wildman–Crippen MR) is 63.2 cm³/mol. The van der Waals surface area contributed by atoms with Crippen molar-refractivity contribution in [3.63, 3.8) is 0 Å². The predicted octanol–water partition coefficient (Wildman–Crippen LogP) is 1.98. The minimum atomic E-state index is -0.922. The Balaban J connectivity index is 2.17. The Kier molecular flexibility index (Phi) is 3.22. The van der Waals surface area contributed by atoms with Crippen molar-refractivity contribution < 1.29 is 4.21 Å². The molecule has 1 saturated carbocycles. The molecule has 1 aromatic carbocycles. The van der Waals surface area contributed by atoms with E-state index in [0.717, 1.165) is 24.2 Å². The zero-order chi connectivity index (χ0) is 10.8. The van der Waals surface area contributed by atoms with Gasteiger partial charge in [-0.05, 0) is 31.9 Å². The summed E-state index contributed by atoms with van der Waals surface area (Å²) in [5.74, 6) is 0. The molecule has 0 aromatic heterocycles. The first kappa shape index (κ1) is 10.8. The summed E-state index contributed by atoms with van der Waals surface area (Å²) < 4.78 is 12.2. The highest BCUT2D eigenvalue weighted by atomic mass is 32.2. The lowest BCUT2D eigenvalue weighted by Crippen LogP contribution is -2.32. The summed E-state index contributed by atoms with van der Waals surface area (Å²) >= 11 is 0. The molecule has 1 fully saturated rings. The normalized spacial score (nSPS) is 27.9. The molecule has 15 heavy (non-hydrogen) atoms. The summed E-state index contributed by atoms with van der Waals surface area (Å²) in [7, 11) is -0.922. The van der Waals surface area contributed by atoms with E-state index in [9.17, 15) is 4.21 Å². The average Bonchev–Trinajstić information content (AvgIpc) is 2.65. The average molecular weight is 223 g/mol. The molecule has 2 N–H and O–H groups in total. The van der Waals surface area contributed by atoms with E-state index in [0.29, 0.717) is 0 Å². The van der Waals surface area contributed by atoms with Crippen molar-refractivity contribution in [3.8, 4) is 0 Å². The molecule has 0 aliphatic heterocycles. The summed E-state index contributed by atoms with van der Waals surface area (Å²) in [6.07, 6.45) is 3.13. The highest BCUT2D eigenvalue weighted by Gasteiger charge is 2.29. The van der Waals surface area contributed by atoms with Crippen LogP contribution in [0.4, 0.5) is 0 Å². The number of hydrogen-bond donors (Lipinski definition) is 1. The van der Waals surface area contributed by atoms with Crippen LogP contribution in [0.5, 0.6) is 0 Å². The molecular weight excluding hydrogens is 206 g/mol. The fraction of sp³-hybridized carbons (Fsp3) is 0.500. The molecule has 1 aliphatic carbocycles. The third kappa shape index (κ3) is 2.29. The van der Waals surface area contributed by atoms with Gasteiger partial charge in [-0.1, -0.05) is 24.1 Å². The van der Waals surface area contributed by atoms with Gasteiger partial charge in [0.1, 0.15) is 0 Å². The lowest BCUT2D eigenvalue weighted by molar-refractivity contribution is 0.649. The lowest BCUT2D eigenvalue weighted by atomic mass is 10.2. The molecule has 3 unspecified atom stereocenters. The van der Waals surface area contributed by atoms with E-state index in [1.807, 2.05) is 31.2 Å². The number of hydrogen-bond acceptors (Lipinski definition) is 2. The molecule has 1 aliphatic rings. The van der Waals surface area contributed by atoms with E-state index < -0.39 is 10.8 Å². The molecule has 2 rings (SSSR count). The SMILES string of the molecule is Cc1ccc(S(=O)C2CCCC2N)cc1. The summed E-state index contributed by atoms with van der Waals surface area (Å²) in [6.45, 7) is 2.04. The second kappa shape index (κ2) is 4.45. The second-order valence-electron chi connectivity index (χ2n) is 4.24. The van der Waals surface area contributed by atoms with E-state index in [1.54, 1.807) is 0 Å². The molecule has 0 spiro atoms. The van der Waals surface area contributed by atoms with Crippen LogP contribution in [0.25, 0.3) is 0 Å². The monoisotopic (exact) mass is 223 g/mol. The molecule has 2 nitrogen and oxygen atoms in total. The van der Waals surface area contributed by atoms with Gasteiger partial charge in [0.15, 0.2) is 0 Å². The summed E-state index contributed by atoms with van der Waals surface area (Å²) in [5, 5.41) is 0.160. The molecule has 0 heterocycles. The second-order valence-corrected chi connectivity index (χ2v) is 5.92. The first-order chi connectivity index (χ1) is 7.18. The third-order valence-electron chi connectivity index (χ3n) is 3.03. The highest BCUT2D eigenvalue weighted by Crippen LogP contribution is 2.26. The zero-order valence-corrected chi connectivity index (χ0v) is 9.80. The number of nitrogens with two attached hydrogens (primary N) is 1. The molecule has 3 heteroatoms. The van der Waals surface area contributed by atoms with Crippen LogP contribution in [0.15, 0.2) is 29.2 Å². The maximum atomic E-state index is 12.2. The van der Waals surface area contributed by atoms with Gasteiger partial charge in [-0.15, -0.1) is 0 Å². The van der Waals surface area contributed by atoms with Crippen LogP contribution >= 0.6 is 0 Å². The fourth-order valence-corrected chi connectivity index (χ4v) is 3.66. The largest absolute Gasteiger partial charge is 0.327 e. The summed E-state index contributed by atoms with van der Waals surface area (Å²) in [4.78, 5) is 0.919. The molecule has 0 bridgehead atoms. The third-order valence-corrected chi connectivity index (χ3v) is 4.90. The first-order valence-corrected chi connectivity index (χ1v) is 6.62. The minimum Gasteiger partial charge on any atom is -0.327 e. The van der Waals surface area contributed by atoms with Crippen LogP contribution in [0, 0.1) is 6.92 Å². The van der Waals surface area contributed by atoms with E-state index in [2.05, 4.69) is 0 Å². The Labute approximate surface area is 93.3 Å². The van der Waals surface area contributed by atoms with Gasteiger partial charge < -0.3 is 5.73 Å². The Hall–Kier alpha value is -0.670. The van der Waals surface area contributed by atoms with E-state index in [-0.39, 0.29) is 11.3 Å². The van der Waals surface area contributed by atoms with Crippen LogP contribution in [-0.4, -0.2) is 15.5 Å². The molecule has 0 amide bonds. The number of benzene rings is 1. The molecule has 1 aromatic rings. The van der Waals surface area contributed by atoms with Gasteiger partial charge in [0.2, 0.25) is 0 Å². The highest BCUT2D eigenvalue weighted by molar-refractivity contribution is 7.85. The van der Waals surface area contributed by atoms with Crippen molar-refractivity contribution in [3.05, 3.63) is 29.8 Å². The van der Waals surface area contributed by atoms with Gasteiger partial charge in [-0.3, -0.25) is 4.21 Å². The fourth-order valence-electron chi connectivity index (χ4n) is 2.07. The summed E-state index contributed by atoms with van der Waals surface area (Å²) in [6, 6.07) is 8.04. The molecule has 0 saturated heterocycles. The van der Waals surface area contributed by atoms with Crippen molar-refractivity contribution in [2.75, 3.05) is 0 Å². The Morgan fingerprint density at radius 1 is 1.27 bits per heavy atom. The molecule has 3 atom stereocenters. The van der Waals surface area contributed by atoms with Crippen LogP contribution in [-0.2, 0) is 10.8 Å². The molecule has 0 radical (unpaired) electrons. The van der Waals surface area contributed by atoms with E-state index >= 15 is 0 Å². The van der Waals surface area contributed by atoms with Gasteiger partial charge in [0, 0.05) is 10.9 Å². The van der Waals surface area contributed by atoms with Crippen LogP contribution in [0.2, 0.25) is 0 Å². The van der Waals surface area contributed by atoms with Crippen molar-refractivity contribution in [1.29, 1.82) is 0 Å². The van der Waals surface area contributed by atoms with Crippen molar-refractivity contribution >= 4 is 10.8 Å². The smallest absolute Gasteiger partial charge is 0.0576 e. The first-order valence-electron chi connectivity index (χ1n) is 5.41. The van der Waals surface area contributed by atoms with Gasteiger partial charge >= 0.3 is 0 Å². The van der Waals surface area contributed by atoms with Gasteiger partial charge in [0.05, 0.1) is 16.0 Å². The van der Waals surface area contributed by atoms with Gasteiger partial charge in [0.25, 0.3) is 0 Å². The van der Waals surface area contributed by atoms with Gasteiger partial charge in [-0.2, -0.15) is 0 Å². The quantitative estimate of drug-likeness (QED) is 0.833. The topological polar surface area (TPSA) is 43.1 Å². The van der Waals surface area contributed by atoms with E-state index in [4.69, 9.17) is 5.73 Å². The van der Waals surface area contributed by atoms with Crippen LogP contribution in [0.1, 0.15) is 24.8 Å². The minimum absolute atomic E-state index is 0.118. The Morgan fingerprint density at radius 3 is 2.47 bits per heavy atom. The zero-order valence-electron chi connectivity index (χ0n) is 8.98. The van der Waals surface area contributed by atoms with Crippen molar-refractivity contribution in [2.24, 2.45) is 5.73 Å². The Bertz CT molecular complexity index is 360. The maximum Gasteiger partial charge on any atom is 0.0576 e. The van der Waals surface area contributed by atoms with E-state index in [1.165, 1.54) is 5.56 Å². The number of aryl methyl sites for hydroxylation is 1. The maximum absolute atomic E-state index is 12.2. The molecular formula is C12H17NOS. The van der Waals surface area contributed by atoms with Crippen molar-refractivity contribution in [1.82, 2.24) is 0 Å². The van der Waals surface area contributed by atoms with Crippen molar-refractivity contribution in [2.45, 2.75) is 42.4 Å². The molecule has 82 valence electrons. The summed E-state index contributed by atoms with van der Waals surface area (Å²) in [5.41, 5.74) is 7.15. The van der Waals surface area contributed by atoms with Crippen LogP contribution in [0.3, 0.4) is 0 Å². The van der Waals surface area contributed by atoms with Crippen LogP contribution < -0.4 is 5.73 Å². The van der Waals surface area contributed by atoms with Gasteiger partial charge in [-0.25, -0.2) is 0 Å². The number of rotatable bonds is 2. The Morgan fingerprint density at radius 2 is 1.93 bits per heavy atom. The standard InChI is InChI=1S/C12H17NOS/c1-9-5-7-10(8-6-9)15(14)12-4-2-3-11(12)13/h5-8,11-12H,2-4,13H2,1H3. The lowest BCUT2D eigenvalue weighted by Gasteiger charge is -2.14.